The molecular formula is C22H34O2. The van der Waals surface area contributed by atoms with Crippen LogP contribution in [0.5, 0.6) is 0 Å². The monoisotopic (exact) mass is 330 g/mol. The molecule has 0 aromatic rings. The fourth-order valence-corrected chi connectivity index (χ4v) is 7.43. The van der Waals surface area contributed by atoms with Gasteiger partial charge in [-0.2, -0.15) is 0 Å². The molecule has 0 spiro atoms. The van der Waals surface area contributed by atoms with E-state index in [1.165, 1.54) is 31.3 Å². The van der Waals surface area contributed by atoms with Crippen LogP contribution in [0.3, 0.4) is 0 Å². The minimum atomic E-state index is -0.417. The molecule has 134 valence electrons. The van der Waals surface area contributed by atoms with E-state index in [0.29, 0.717) is 29.0 Å². The normalized spacial score (nSPS) is 53.9. The van der Waals surface area contributed by atoms with Gasteiger partial charge in [0.2, 0.25) is 0 Å². The van der Waals surface area contributed by atoms with Crippen molar-refractivity contribution in [2.24, 2.45) is 34.5 Å². The Kier molecular flexibility index (Phi) is 3.64. The number of rotatable bonds is 1. The maximum absolute atomic E-state index is 12.6. The van der Waals surface area contributed by atoms with Gasteiger partial charge in [-0.25, -0.2) is 0 Å². The van der Waals surface area contributed by atoms with Crippen LogP contribution in [0.1, 0.15) is 79.1 Å². The average Bonchev–Trinajstić information content (AvgIpc) is 2.78. The Hall–Kier alpha value is -0.630. The van der Waals surface area contributed by atoms with Crippen molar-refractivity contribution in [3.05, 3.63) is 11.6 Å². The van der Waals surface area contributed by atoms with Gasteiger partial charge >= 0.3 is 0 Å². The van der Waals surface area contributed by atoms with Crippen LogP contribution in [0, 0.1) is 34.5 Å². The lowest BCUT2D eigenvalue weighted by Crippen LogP contribution is -2.56. The van der Waals surface area contributed by atoms with Gasteiger partial charge in [-0.1, -0.05) is 26.3 Å². The zero-order chi connectivity index (χ0) is 17.3. The summed E-state index contributed by atoms with van der Waals surface area (Å²) in [7, 11) is 0. The molecule has 4 rings (SSSR count). The minimum Gasteiger partial charge on any atom is -0.390 e. The number of hydrogen-bond donors (Lipinski definition) is 1. The second kappa shape index (κ2) is 5.19. The number of hydrogen-bond acceptors (Lipinski definition) is 2. The summed E-state index contributed by atoms with van der Waals surface area (Å²) in [5, 5.41) is 10.8. The smallest absolute Gasteiger partial charge is 0.162 e. The third-order valence-corrected chi connectivity index (χ3v) is 9.06. The van der Waals surface area contributed by atoms with Gasteiger partial charge in [0.1, 0.15) is 0 Å². The van der Waals surface area contributed by atoms with Crippen LogP contribution in [0.25, 0.3) is 0 Å². The third kappa shape index (κ3) is 2.08. The van der Waals surface area contributed by atoms with E-state index in [0.717, 1.165) is 31.6 Å². The Balaban J connectivity index is 1.65. The summed E-state index contributed by atoms with van der Waals surface area (Å²) in [4.78, 5) is 12.6. The van der Waals surface area contributed by atoms with E-state index in [9.17, 15) is 9.90 Å². The summed E-state index contributed by atoms with van der Waals surface area (Å²) in [5.41, 5.74) is 1.18. The van der Waals surface area contributed by atoms with Crippen LogP contribution in [-0.4, -0.2) is 16.5 Å². The number of aliphatic hydroxyl groups is 1. The van der Waals surface area contributed by atoms with E-state index in [4.69, 9.17) is 0 Å². The maximum Gasteiger partial charge on any atom is 0.162 e. The molecule has 2 heteroatoms. The van der Waals surface area contributed by atoms with Crippen molar-refractivity contribution in [3.63, 3.8) is 0 Å². The Morgan fingerprint density at radius 2 is 1.92 bits per heavy atom. The molecule has 2 nitrogen and oxygen atoms in total. The van der Waals surface area contributed by atoms with E-state index in [2.05, 4.69) is 27.7 Å². The van der Waals surface area contributed by atoms with E-state index in [1.807, 2.05) is 6.08 Å². The lowest BCUT2D eigenvalue weighted by molar-refractivity contribution is -0.152. The molecular weight excluding hydrogens is 296 g/mol. The number of carbonyl (C=O) groups excluding carboxylic acids is 1. The fraction of sp³-hybridized carbons (Fsp3) is 0.864. The molecule has 0 saturated heterocycles. The van der Waals surface area contributed by atoms with Gasteiger partial charge in [0, 0.05) is 5.41 Å². The first kappa shape index (κ1) is 16.8. The van der Waals surface area contributed by atoms with Crippen LogP contribution >= 0.6 is 0 Å². The molecule has 0 aromatic heterocycles. The Bertz CT molecular complexity index is 593. The quantitative estimate of drug-likeness (QED) is 0.742. The van der Waals surface area contributed by atoms with Crippen molar-refractivity contribution in [2.45, 2.75) is 84.7 Å². The van der Waals surface area contributed by atoms with Gasteiger partial charge in [-0.05, 0) is 93.5 Å². The third-order valence-electron chi connectivity index (χ3n) is 9.06. The molecule has 0 unspecified atom stereocenters. The molecule has 3 fully saturated rings. The van der Waals surface area contributed by atoms with Crippen LogP contribution < -0.4 is 0 Å². The highest BCUT2D eigenvalue weighted by molar-refractivity contribution is 5.98. The zero-order valence-electron chi connectivity index (χ0n) is 15.9. The first-order chi connectivity index (χ1) is 11.2. The van der Waals surface area contributed by atoms with Gasteiger partial charge in [0.25, 0.3) is 0 Å². The molecule has 7 atom stereocenters. The summed E-state index contributed by atoms with van der Waals surface area (Å²) in [5.74, 6) is 2.96. The first-order valence-corrected chi connectivity index (χ1v) is 10.2. The summed E-state index contributed by atoms with van der Waals surface area (Å²) in [6, 6.07) is 0. The minimum absolute atomic E-state index is 0.118. The molecule has 0 aliphatic heterocycles. The molecule has 4 aliphatic carbocycles. The maximum atomic E-state index is 12.6. The molecule has 24 heavy (non-hydrogen) atoms. The van der Waals surface area contributed by atoms with Crippen LogP contribution in [0.4, 0.5) is 0 Å². The van der Waals surface area contributed by atoms with Crippen LogP contribution in [0.2, 0.25) is 0 Å². The van der Waals surface area contributed by atoms with Gasteiger partial charge in [-0.3, -0.25) is 4.79 Å². The first-order valence-electron chi connectivity index (χ1n) is 10.2. The highest BCUT2D eigenvalue weighted by Crippen LogP contribution is 2.66. The second-order valence-electron chi connectivity index (χ2n) is 10.0. The number of allylic oxidation sites excluding steroid dienone is 2. The second-order valence-corrected chi connectivity index (χ2v) is 10.0. The molecule has 1 N–H and O–H groups in total. The average molecular weight is 331 g/mol. The molecule has 0 aromatic carbocycles. The number of fused-ring (bicyclic) bond motifs is 5. The highest BCUT2D eigenvalue weighted by atomic mass is 16.3. The molecule has 3 saturated carbocycles. The molecule has 4 aliphatic rings. The van der Waals surface area contributed by atoms with Gasteiger partial charge < -0.3 is 5.11 Å². The van der Waals surface area contributed by atoms with Gasteiger partial charge in [-0.15, -0.1) is 0 Å². The lowest BCUT2D eigenvalue weighted by Gasteiger charge is -2.61. The van der Waals surface area contributed by atoms with Crippen LogP contribution in [-0.2, 0) is 4.79 Å². The molecule has 0 bridgehead atoms. The standard InChI is InChI=1S/C22H34O2/c1-5-22(24)11-10-20(3)15(13-22)6-7-16-17(20)8-9-21(4)18(23)12-14(2)19(16)21/h12,15-17,19,24H,5-11,13H2,1-4H3/t15-,16+,17-,19-,20-,21+,22-/m0/s1. The Labute approximate surface area is 147 Å². The van der Waals surface area contributed by atoms with E-state index >= 15 is 0 Å². The van der Waals surface area contributed by atoms with Crippen molar-refractivity contribution in [3.8, 4) is 0 Å². The molecule has 0 amide bonds. The van der Waals surface area contributed by atoms with Gasteiger partial charge in [0.15, 0.2) is 5.78 Å². The Morgan fingerprint density at radius 1 is 1.17 bits per heavy atom. The topological polar surface area (TPSA) is 37.3 Å². The predicted octanol–water partition coefficient (Wildman–Crippen LogP) is 4.91. The summed E-state index contributed by atoms with van der Waals surface area (Å²) in [6.45, 7) is 9.08. The fourth-order valence-electron chi connectivity index (χ4n) is 7.43. The zero-order valence-corrected chi connectivity index (χ0v) is 15.9. The molecule has 0 radical (unpaired) electrons. The van der Waals surface area contributed by atoms with Crippen molar-refractivity contribution >= 4 is 5.78 Å². The van der Waals surface area contributed by atoms with Gasteiger partial charge in [0.05, 0.1) is 5.60 Å². The van der Waals surface area contributed by atoms with E-state index < -0.39 is 5.60 Å². The highest BCUT2D eigenvalue weighted by Gasteiger charge is 2.61. The predicted molar refractivity (Wildman–Crippen MR) is 96.5 cm³/mol. The SMILES string of the molecule is CC[C@]1(O)CC[C@@]2(C)[C@@H](CC[C@@H]3[C@@H]2CC[C@]2(C)C(=O)C=C(C)[C@@H]32)C1. The van der Waals surface area contributed by atoms with Crippen LogP contribution in [0.15, 0.2) is 11.6 Å². The Morgan fingerprint density at radius 3 is 2.62 bits per heavy atom. The number of ketones is 1. The van der Waals surface area contributed by atoms with Crippen molar-refractivity contribution in [1.29, 1.82) is 0 Å². The largest absolute Gasteiger partial charge is 0.390 e. The van der Waals surface area contributed by atoms with E-state index in [1.54, 1.807) is 0 Å². The van der Waals surface area contributed by atoms with Crippen molar-refractivity contribution in [2.75, 3.05) is 0 Å². The molecule has 0 heterocycles. The summed E-state index contributed by atoms with van der Waals surface area (Å²) >= 11 is 0. The van der Waals surface area contributed by atoms with Crippen molar-refractivity contribution < 1.29 is 9.90 Å². The van der Waals surface area contributed by atoms with Crippen molar-refractivity contribution in [1.82, 2.24) is 0 Å². The lowest BCUT2D eigenvalue weighted by atomic mass is 9.43. The summed E-state index contributed by atoms with van der Waals surface area (Å²) < 4.78 is 0. The number of carbonyl (C=O) groups is 1. The summed E-state index contributed by atoms with van der Waals surface area (Å²) in [6.07, 6.45) is 10.8. The van der Waals surface area contributed by atoms with E-state index in [-0.39, 0.29) is 5.41 Å².